The van der Waals surface area contributed by atoms with Gasteiger partial charge in [0, 0.05) is 5.92 Å². The molecule has 1 aromatic rings. The molecule has 0 saturated heterocycles. The van der Waals surface area contributed by atoms with Crippen molar-refractivity contribution in [2.45, 2.75) is 64.7 Å². The maximum absolute atomic E-state index is 4.29. The predicted molar refractivity (Wildman–Crippen MR) is 66.2 cm³/mol. The molecule has 16 heavy (non-hydrogen) atoms. The number of hydrogen-bond acceptors (Lipinski definition) is 3. The van der Waals surface area contributed by atoms with Crippen LogP contribution in [0.4, 0.5) is 0 Å². The molecule has 0 fully saturated rings. The fourth-order valence-electron chi connectivity index (χ4n) is 2.01. The van der Waals surface area contributed by atoms with Crippen LogP contribution in [0.3, 0.4) is 0 Å². The zero-order valence-corrected chi connectivity index (χ0v) is 10.5. The van der Waals surface area contributed by atoms with Crippen LogP contribution >= 0.6 is 0 Å². The van der Waals surface area contributed by atoms with Gasteiger partial charge in [0.25, 0.3) is 0 Å². The average molecular weight is 221 g/mol. The van der Waals surface area contributed by atoms with Crippen molar-refractivity contribution in [3.05, 3.63) is 18.2 Å². The number of aromatic nitrogens is 3. The third kappa shape index (κ3) is 4.69. The van der Waals surface area contributed by atoms with E-state index in [1.807, 2.05) is 0 Å². The SMILES string of the molecule is CCCCCCCC(CC)c1cnncn1. The molecule has 1 rings (SSSR count). The van der Waals surface area contributed by atoms with Gasteiger partial charge in [-0.2, -0.15) is 5.10 Å². The van der Waals surface area contributed by atoms with E-state index in [9.17, 15) is 0 Å². The highest BCUT2D eigenvalue weighted by Gasteiger charge is 2.10. The predicted octanol–water partition coefficient (Wildman–Crippen LogP) is 3.73. The molecular weight excluding hydrogens is 198 g/mol. The van der Waals surface area contributed by atoms with Crippen LogP contribution in [-0.2, 0) is 0 Å². The van der Waals surface area contributed by atoms with Crippen molar-refractivity contribution < 1.29 is 0 Å². The second-order valence-corrected chi connectivity index (χ2v) is 4.34. The first kappa shape index (κ1) is 13.1. The third-order valence-corrected chi connectivity index (χ3v) is 3.08. The van der Waals surface area contributed by atoms with E-state index < -0.39 is 0 Å². The van der Waals surface area contributed by atoms with Crippen LogP contribution in [0.15, 0.2) is 12.5 Å². The van der Waals surface area contributed by atoms with E-state index in [2.05, 4.69) is 29.0 Å². The molecule has 0 aliphatic heterocycles. The van der Waals surface area contributed by atoms with Crippen LogP contribution in [0, 0.1) is 0 Å². The zero-order valence-electron chi connectivity index (χ0n) is 10.5. The number of rotatable bonds is 8. The molecule has 0 N–H and O–H groups in total. The zero-order chi connectivity index (χ0) is 11.6. The summed E-state index contributed by atoms with van der Waals surface area (Å²) in [4.78, 5) is 4.29. The Morgan fingerprint density at radius 2 is 1.88 bits per heavy atom. The Labute approximate surface area is 98.7 Å². The van der Waals surface area contributed by atoms with Crippen LogP contribution in [0.25, 0.3) is 0 Å². The highest BCUT2D eigenvalue weighted by molar-refractivity contribution is 5.00. The van der Waals surface area contributed by atoms with Crippen LogP contribution < -0.4 is 0 Å². The Bertz CT molecular complexity index is 261. The van der Waals surface area contributed by atoms with Crippen molar-refractivity contribution in [3.63, 3.8) is 0 Å². The quantitative estimate of drug-likeness (QED) is 0.628. The van der Waals surface area contributed by atoms with Gasteiger partial charge in [-0.1, -0.05) is 46.0 Å². The van der Waals surface area contributed by atoms with Crippen molar-refractivity contribution >= 4 is 0 Å². The highest BCUT2D eigenvalue weighted by Crippen LogP contribution is 2.23. The summed E-state index contributed by atoms with van der Waals surface area (Å²) in [6, 6.07) is 0. The molecule has 3 nitrogen and oxygen atoms in total. The molecule has 0 spiro atoms. The Kier molecular flexibility index (Phi) is 6.70. The second kappa shape index (κ2) is 8.20. The lowest BCUT2D eigenvalue weighted by Crippen LogP contribution is -2.02. The number of nitrogens with zero attached hydrogens (tertiary/aromatic N) is 3. The van der Waals surface area contributed by atoms with Gasteiger partial charge in [-0.3, -0.25) is 0 Å². The smallest absolute Gasteiger partial charge is 0.138 e. The van der Waals surface area contributed by atoms with Crippen LogP contribution in [-0.4, -0.2) is 15.2 Å². The maximum Gasteiger partial charge on any atom is 0.138 e. The summed E-state index contributed by atoms with van der Waals surface area (Å²) in [5.41, 5.74) is 1.10. The summed E-state index contributed by atoms with van der Waals surface area (Å²) in [6.45, 7) is 4.47. The van der Waals surface area contributed by atoms with Gasteiger partial charge in [0.15, 0.2) is 0 Å². The van der Waals surface area contributed by atoms with Crippen LogP contribution in [0.1, 0.15) is 70.4 Å². The summed E-state index contributed by atoms with van der Waals surface area (Å²) < 4.78 is 0. The lowest BCUT2D eigenvalue weighted by atomic mass is 9.95. The van der Waals surface area contributed by atoms with Gasteiger partial charge in [-0.05, 0) is 12.8 Å². The van der Waals surface area contributed by atoms with Crippen LogP contribution in [0.2, 0.25) is 0 Å². The molecule has 3 heteroatoms. The van der Waals surface area contributed by atoms with Gasteiger partial charge in [0.2, 0.25) is 0 Å². The summed E-state index contributed by atoms with van der Waals surface area (Å²) >= 11 is 0. The fourth-order valence-corrected chi connectivity index (χ4v) is 2.01. The molecule has 0 aromatic carbocycles. The molecular formula is C13H23N3. The summed E-state index contributed by atoms with van der Waals surface area (Å²) in [6.07, 6.45) is 12.4. The Hall–Kier alpha value is -0.990. The van der Waals surface area contributed by atoms with Crippen molar-refractivity contribution in [2.24, 2.45) is 0 Å². The fraction of sp³-hybridized carbons (Fsp3) is 0.769. The van der Waals surface area contributed by atoms with E-state index in [-0.39, 0.29) is 0 Å². The van der Waals surface area contributed by atoms with Crippen molar-refractivity contribution in [3.8, 4) is 0 Å². The van der Waals surface area contributed by atoms with E-state index in [4.69, 9.17) is 0 Å². The average Bonchev–Trinajstić information content (AvgIpc) is 2.35. The molecule has 0 aliphatic rings. The van der Waals surface area contributed by atoms with E-state index >= 15 is 0 Å². The molecule has 1 atom stereocenters. The molecule has 0 aliphatic carbocycles. The summed E-state index contributed by atoms with van der Waals surface area (Å²) in [5.74, 6) is 0.567. The van der Waals surface area contributed by atoms with E-state index in [1.54, 1.807) is 12.5 Å². The van der Waals surface area contributed by atoms with Gasteiger partial charge in [0.05, 0.1) is 11.9 Å². The van der Waals surface area contributed by atoms with E-state index in [0.29, 0.717) is 5.92 Å². The molecule has 0 saturated carbocycles. The Morgan fingerprint density at radius 1 is 1.06 bits per heavy atom. The third-order valence-electron chi connectivity index (χ3n) is 3.08. The van der Waals surface area contributed by atoms with Crippen molar-refractivity contribution in [1.82, 2.24) is 15.2 Å². The van der Waals surface area contributed by atoms with Gasteiger partial charge in [-0.25, -0.2) is 4.98 Å². The van der Waals surface area contributed by atoms with E-state index in [0.717, 1.165) is 12.1 Å². The summed E-state index contributed by atoms with van der Waals surface area (Å²) in [5, 5.41) is 7.62. The number of unbranched alkanes of at least 4 members (excludes halogenated alkanes) is 4. The van der Waals surface area contributed by atoms with Crippen LogP contribution in [0.5, 0.6) is 0 Å². The minimum Gasteiger partial charge on any atom is -0.238 e. The molecule has 0 radical (unpaired) electrons. The first-order chi connectivity index (χ1) is 7.88. The molecule has 0 bridgehead atoms. The lowest BCUT2D eigenvalue weighted by Gasteiger charge is -2.12. The monoisotopic (exact) mass is 221 g/mol. The molecule has 1 heterocycles. The second-order valence-electron chi connectivity index (χ2n) is 4.34. The summed E-state index contributed by atoms with van der Waals surface area (Å²) in [7, 11) is 0. The van der Waals surface area contributed by atoms with Gasteiger partial charge >= 0.3 is 0 Å². The van der Waals surface area contributed by atoms with Crippen molar-refractivity contribution in [1.29, 1.82) is 0 Å². The van der Waals surface area contributed by atoms with E-state index in [1.165, 1.54) is 38.5 Å². The topological polar surface area (TPSA) is 38.7 Å². The molecule has 1 unspecified atom stereocenters. The van der Waals surface area contributed by atoms with Gasteiger partial charge in [0.1, 0.15) is 6.33 Å². The largest absolute Gasteiger partial charge is 0.238 e. The Balaban J connectivity index is 2.27. The number of hydrogen-bond donors (Lipinski definition) is 0. The standard InChI is InChI=1S/C13H23N3/c1-3-5-6-7-8-9-12(4-2)13-10-15-16-11-14-13/h10-12H,3-9H2,1-2H3. The first-order valence-electron chi connectivity index (χ1n) is 6.51. The maximum atomic E-state index is 4.29. The highest BCUT2D eigenvalue weighted by atomic mass is 15.1. The minimum atomic E-state index is 0.567. The molecule has 1 aromatic heterocycles. The Morgan fingerprint density at radius 3 is 2.50 bits per heavy atom. The van der Waals surface area contributed by atoms with Gasteiger partial charge in [-0.15, -0.1) is 5.10 Å². The normalized spacial score (nSPS) is 12.6. The van der Waals surface area contributed by atoms with Crippen molar-refractivity contribution in [2.75, 3.05) is 0 Å². The first-order valence-corrected chi connectivity index (χ1v) is 6.51. The molecule has 0 amide bonds. The minimum absolute atomic E-state index is 0.567. The van der Waals surface area contributed by atoms with Gasteiger partial charge < -0.3 is 0 Å². The lowest BCUT2D eigenvalue weighted by molar-refractivity contribution is 0.523. The molecule has 90 valence electrons.